The van der Waals surface area contributed by atoms with Crippen molar-refractivity contribution in [2.24, 2.45) is 0 Å². The van der Waals surface area contributed by atoms with Crippen LogP contribution in [-0.2, 0) is 6.42 Å². The molecule has 1 saturated heterocycles. The number of rotatable bonds is 4. The molecule has 0 aromatic heterocycles. The van der Waals surface area contributed by atoms with Crippen molar-refractivity contribution in [3.63, 3.8) is 0 Å². The quantitative estimate of drug-likeness (QED) is 0.861. The van der Waals surface area contributed by atoms with Crippen LogP contribution in [0, 0.1) is 5.82 Å². The Morgan fingerprint density at radius 1 is 1.12 bits per heavy atom. The molecule has 1 fully saturated rings. The minimum atomic E-state index is -0.365. The predicted molar refractivity (Wildman–Crippen MR) is 93.5 cm³/mol. The van der Waals surface area contributed by atoms with Gasteiger partial charge >= 0.3 is 0 Å². The molecule has 1 atom stereocenters. The van der Waals surface area contributed by atoms with Gasteiger partial charge < -0.3 is 4.90 Å². The van der Waals surface area contributed by atoms with Crippen LogP contribution in [0.1, 0.15) is 22.8 Å². The van der Waals surface area contributed by atoms with E-state index in [2.05, 4.69) is 36.1 Å². The van der Waals surface area contributed by atoms with Crippen molar-refractivity contribution >= 4 is 5.91 Å². The van der Waals surface area contributed by atoms with Gasteiger partial charge in [-0.2, -0.15) is 0 Å². The second-order valence-corrected chi connectivity index (χ2v) is 6.38. The lowest BCUT2D eigenvalue weighted by molar-refractivity contribution is 0.0517. The minimum Gasteiger partial charge on any atom is -0.336 e. The summed E-state index contributed by atoms with van der Waals surface area (Å²) in [7, 11) is 0. The first-order valence-electron chi connectivity index (χ1n) is 8.46. The number of halogens is 1. The molecule has 24 heavy (non-hydrogen) atoms. The van der Waals surface area contributed by atoms with Crippen LogP contribution in [0.25, 0.3) is 0 Å². The molecule has 2 aromatic carbocycles. The Kier molecular flexibility index (Phi) is 5.26. The van der Waals surface area contributed by atoms with E-state index in [1.165, 1.54) is 17.7 Å². The molecule has 1 heterocycles. The van der Waals surface area contributed by atoms with Crippen molar-refractivity contribution in [3.8, 4) is 0 Å². The van der Waals surface area contributed by atoms with Gasteiger partial charge in [-0.05, 0) is 37.1 Å². The van der Waals surface area contributed by atoms with Crippen molar-refractivity contribution in [2.75, 3.05) is 26.2 Å². The van der Waals surface area contributed by atoms with E-state index in [0.29, 0.717) is 24.7 Å². The highest BCUT2D eigenvalue weighted by Gasteiger charge is 2.27. The van der Waals surface area contributed by atoms with Crippen molar-refractivity contribution in [1.29, 1.82) is 0 Å². The molecule has 0 saturated carbocycles. The molecule has 2 aromatic rings. The molecule has 0 radical (unpaired) electrons. The maximum absolute atomic E-state index is 13.3. The van der Waals surface area contributed by atoms with E-state index in [9.17, 15) is 9.18 Å². The van der Waals surface area contributed by atoms with Crippen LogP contribution < -0.4 is 0 Å². The van der Waals surface area contributed by atoms with Crippen molar-refractivity contribution in [2.45, 2.75) is 19.4 Å². The monoisotopic (exact) mass is 326 g/mol. The second-order valence-electron chi connectivity index (χ2n) is 6.38. The SMILES string of the molecule is CC1CN(C(=O)c2cccc(F)c2)CCN1CCc1ccccc1. The molecule has 126 valence electrons. The Balaban J connectivity index is 1.56. The van der Waals surface area contributed by atoms with Crippen LogP contribution in [0.5, 0.6) is 0 Å². The van der Waals surface area contributed by atoms with Crippen molar-refractivity contribution < 1.29 is 9.18 Å². The third kappa shape index (κ3) is 4.01. The predicted octanol–water partition coefficient (Wildman–Crippen LogP) is 3.21. The molecule has 3 nitrogen and oxygen atoms in total. The Morgan fingerprint density at radius 2 is 1.92 bits per heavy atom. The number of carbonyl (C=O) groups excluding carboxylic acids is 1. The van der Waals surface area contributed by atoms with E-state index in [0.717, 1.165) is 19.5 Å². The smallest absolute Gasteiger partial charge is 0.254 e. The fourth-order valence-electron chi connectivity index (χ4n) is 3.23. The second kappa shape index (κ2) is 7.58. The average Bonchev–Trinajstić information content (AvgIpc) is 2.61. The number of hydrogen-bond acceptors (Lipinski definition) is 2. The van der Waals surface area contributed by atoms with Gasteiger partial charge in [-0.3, -0.25) is 9.69 Å². The summed E-state index contributed by atoms with van der Waals surface area (Å²) < 4.78 is 13.3. The molecular formula is C20H23FN2O. The molecule has 1 unspecified atom stereocenters. The van der Waals surface area contributed by atoms with E-state index in [4.69, 9.17) is 0 Å². The molecule has 0 spiro atoms. The van der Waals surface area contributed by atoms with E-state index in [1.54, 1.807) is 12.1 Å². The third-order valence-corrected chi connectivity index (χ3v) is 4.65. The molecular weight excluding hydrogens is 303 g/mol. The summed E-state index contributed by atoms with van der Waals surface area (Å²) in [6, 6.07) is 16.7. The summed E-state index contributed by atoms with van der Waals surface area (Å²) in [6.45, 7) is 5.37. The highest BCUT2D eigenvalue weighted by molar-refractivity contribution is 5.94. The van der Waals surface area contributed by atoms with Crippen LogP contribution in [0.4, 0.5) is 4.39 Å². The number of benzene rings is 2. The lowest BCUT2D eigenvalue weighted by Crippen LogP contribution is -2.54. The van der Waals surface area contributed by atoms with Crippen LogP contribution in [0.2, 0.25) is 0 Å². The minimum absolute atomic E-state index is 0.0796. The van der Waals surface area contributed by atoms with E-state index < -0.39 is 0 Å². The zero-order chi connectivity index (χ0) is 16.9. The Morgan fingerprint density at radius 3 is 2.62 bits per heavy atom. The summed E-state index contributed by atoms with van der Waals surface area (Å²) >= 11 is 0. The molecule has 0 N–H and O–H groups in total. The molecule has 1 amide bonds. The van der Waals surface area contributed by atoms with Gasteiger partial charge in [-0.15, -0.1) is 0 Å². The molecule has 4 heteroatoms. The van der Waals surface area contributed by atoms with Gasteiger partial charge in [0.05, 0.1) is 0 Å². The fourth-order valence-corrected chi connectivity index (χ4v) is 3.23. The van der Waals surface area contributed by atoms with Gasteiger partial charge in [-0.25, -0.2) is 4.39 Å². The normalized spacial score (nSPS) is 18.6. The van der Waals surface area contributed by atoms with Crippen LogP contribution in [0.15, 0.2) is 54.6 Å². The van der Waals surface area contributed by atoms with Gasteiger partial charge in [0, 0.05) is 37.8 Å². The lowest BCUT2D eigenvalue weighted by Gasteiger charge is -2.40. The summed E-state index contributed by atoms with van der Waals surface area (Å²) in [6.07, 6.45) is 1.02. The zero-order valence-corrected chi connectivity index (χ0v) is 14.0. The van der Waals surface area contributed by atoms with Gasteiger partial charge in [0.1, 0.15) is 5.82 Å². The van der Waals surface area contributed by atoms with E-state index in [1.807, 2.05) is 11.0 Å². The fraction of sp³-hybridized carbons (Fsp3) is 0.350. The Hall–Kier alpha value is -2.20. The first-order chi connectivity index (χ1) is 11.6. The highest BCUT2D eigenvalue weighted by Crippen LogP contribution is 2.15. The number of hydrogen-bond donors (Lipinski definition) is 0. The molecule has 3 rings (SSSR count). The van der Waals surface area contributed by atoms with E-state index in [-0.39, 0.29) is 11.7 Å². The molecule has 1 aliphatic rings. The zero-order valence-electron chi connectivity index (χ0n) is 14.0. The van der Waals surface area contributed by atoms with Gasteiger partial charge in [0.25, 0.3) is 5.91 Å². The van der Waals surface area contributed by atoms with Crippen LogP contribution in [-0.4, -0.2) is 47.9 Å². The maximum Gasteiger partial charge on any atom is 0.254 e. The molecule has 0 aliphatic carbocycles. The molecule has 1 aliphatic heterocycles. The van der Waals surface area contributed by atoms with Crippen molar-refractivity contribution in [3.05, 3.63) is 71.5 Å². The first kappa shape index (κ1) is 16.7. The number of carbonyl (C=O) groups is 1. The summed E-state index contributed by atoms with van der Waals surface area (Å²) in [4.78, 5) is 16.8. The van der Waals surface area contributed by atoms with Crippen LogP contribution >= 0.6 is 0 Å². The van der Waals surface area contributed by atoms with Gasteiger partial charge in [0.15, 0.2) is 0 Å². The topological polar surface area (TPSA) is 23.6 Å². The number of nitrogens with zero attached hydrogens (tertiary/aromatic N) is 2. The van der Waals surface area contributed by atoms with E-state index >= 15 is 0 Å². The maximum atomic E-state index is 13.3. The summed E-state index contributed by atoms with van der Waals surface area (Å²) in [5.41, 5.74) is 1.77. The Labute approximate surface area is 142 Å². The Bertz CT molecular complexity index is 689. The standard InChI is InChI=1S/C20H23FN2O/c1-16-15-23(20(24)18-8-5-9-19(21)14-18)13-12-22(16)11-10-17-6-3-2-4-7-17/h2-9,14,16H,10-13,15H2,1H3. The first-order valence-corrected chi connectivity index (χ1v) is 8.46. The summed E-state index contributed by atoms with van der Waals surface area (Å²) in [5, 5.41) is 0. The third-order valence-electron chi connectivity index (χ3n) is 4.65. The van der Waals surface area contributed by atoms with Gasteiger partial charge in [0.2, 0.25) is 0 Å². The molecule has 0 bridgehead atoms. The average molecular weight is 326 g/mol. The number of piperazine rings is 1. The van der Waals surface area contributed by atoms with Crippen molar-refractivity contribution in [1.82, 2.24) is 9.80 Å². The summed E-state index contributed by atoms with van der Waals surface area (Å²) in [5.74, 6) is -0.445. The largest absolute Gasteiger partial charge is 0.336 e. The van der Waals surface area contributed by atoms with Gasteiger partial charge in [-0.1, -0.05) is 36.4 Å². The lowest BCUT2D eigenvalue weighted by atomic mass is 10.1. The number of amides is 1. The van der Waals surface area contributed by atoms with Crippen LogP contribution in [0.3, 0.4) is 0 Å². The highest BCUT2D eigenvalue weighted by atomic mass is 19.1.